The van der Waals surface area contributed by atoms with Gasteiger partial charge in [0.25, 0.3) is 0 Å². The third-order valence-electron chi connectivity index (χ3n) is 1.86. The van der Waals surface area contributed by atoms with Gasteiger partial charge in [-0.05, 0) is 29.5 Å². The van der Waals surface area contributed by atoms with Crippen LogP contribution in [0.2, 0.25) is 10.0 Å². The molecule has 0 aliphatic rings. The van der Waals surface area contributed by atoms with Gasteiger partial charge in [0.1, 0.15) is 5.78 Å². The lowest BCUT2D eigenvalue weighted by Gasteiger charge is -2.03. The Morgan fingerprint density at radius 3 is 2.80 bits per heavy atom. The zero-order chi connectivity index (χ0) is 11.3. The maximum atomic E-state index is 11.5. The van der Waals surface area contributed by atoms with Crippen LogP contribution in [0.1, 0.15) is 12.5 Å². The van der Waals surface area contributed by atoms with Crippen LogP contribution in [0.5, 0.6) is 0 Å². The summed E-state index contributed by atoms with van der Waals surface area (Å²) in [6.45, 7) is 2.03. The molecule has 0 bridgehead atoms. The molecule has 0 aromatic heterocycles. The van der Waals surface area contributed by atoms with E-state index in [1.54, 1.807) is 30.0 Å². The van der Waals surface area contributed by atoms with Crippen molar-refractivity contribution in [2.75, 3.05) is 11.5 Å². The van der Waals surface area contributed by atoms with Gasteiger partial charge in [0.2, 0.25) is 0 Å². The third-order valence-corrected chi connectivity index (χ3v) is 3.40. The summed E-state index contributed by atoms with van der Waals surface area (Å²) in [5.74, 6) is 1.68. The van der Waals surface area contributed by atoms with Crippen LogP contribution in [0.25, 0.3) is 0 Å². The van der Waals surface area contributed by atoms with Gasteiger partial charge in [0.05, 0.1) is 5.75 Å². The van der Waals surface area contributed by atoms with E-state index in [1.165, 1.54) is 0 Å². The zero-order valence-electron chi connectivity index (χ0n) is 8.43. The van der Waals surface area contributed by atoms with Crippen molar-refractivity contribution in [3.63, 3.8) is 0 Å². The molecule has 1 rings (SSSR count). The topological polar surface area (TPSA) is 17.1 Å². The quantitative estimate of drug-likeness (QED) is 0.802. The molecule has 0 saturated carbocycles. The molecule has 0 aliphatic carbocycles. The van der Waals surface area contributed by atoms with E-state index in [9.17, 15) is 4.79 Å². The number of thioether (sulfide) groups is 1. The maximum Gasteiger partial charge on any atom is 0.147 e. The van der Waals surface area contributed by atoms with Gasteiger partial charge < -0.3 is 0 Å². The van der Waals surface area contributed by atoms with Crippen LogP contribution in [0.4, 0.5) is 0 Å². The number of hydrogen-bond donors (Lipinski definition) is 0. The largest absolute Gasteiger partial charge is 0.298 e. The lowest BCUT2D eigenvalue weighted by Crippen LogP contribution is -2.06. The minimum Gasteiger partial charge on any atom is -0.298 e. The fourth-order valence-electron chi connectivity index (χ4n) is 1.16. The first-order chi connectivity index (χ1) is 7.13. The van der Waals surface area contributed by atoms with Gasteiger partial charge in [-0.1, -0.05) is 30.1 Å². The van der Waals surface area contributed by atoms with Crippen LogP contribution in [-0.2, 0) is 11.2 Å². The minimum atomic E-state index is 0.186. The molecular weight excluding hydrogens is 251 g/mol. The third kappa shape index (κ3) is 4.45. The van der Waals surface area contributed by atoms with E-state index in [2.05, 4.69) is 0 Å². The van der Waals surface area contributed by atoms with Crippen LogP contribution in [0.3, 0.4) is 0 Å². The summed E-state index contributed by atoms with van der Waals surface area (Å²) >= 11 is 13.4. The van der Waals surface area contributed by atoms with Crippen molar-refractivity contribution < 1.29 is 4.79 Å². The number of Topliss-reactive ketones (excluding diaryl/α,β-unsaturated/α-hetero) is 1. The standard InChI is InChI=1S/C11H12Cl2OS/c1-2-15-7-10(14)6-8-5-9(12)3-4-11(8)13/h3-5H,2,6-7H2,1H3. The van der Waals surface area contributed by atoms with Crippen molar-refractivity contribution in [1.29, 1.82) is 0 Å². The molecule has 0 amide bonds. The number of hydrogen-bond acceptors (Lipinski definition) is 2. The molecule has 0 unspecified atom stereocenters. The van der Waals surface area contributed by atoms with Crippen molar-refractivity contribution in [2.45, 2.75) is 13.3 Å². The number of ketones is 1. The van der Waals surface area contributed by atoms with Crippen LogP contribution >= 0.6 is 35.0 Å². The highest BCUT2D eigenvalue weighted by Crippen LogP contribution is 2.21. The Morgan fingerprint density at radius 1 is 1.40 bits per heavy atom. The monoisotopic (exact) mass is 262 g/mol. The summed E-state index contributed by atoms with van der Waals surface area (Å²) in [6.07, 6.45) is 0.367. The minimum absolute atomic E-state index is 0.186. The maximum absolute atomic E-state index is 11.5. The first-order valence-electron chi connectivity index (χ1n) is 4.67. The van der Waals surface area contributed by atoms with E-state index < -0.39 is 0 Å². The van der Waals surface area contributed by atoms with Crippen molar-refractivity contribution in [3.8, 4) is 0 Å². The normalized spacial score (nSPS) is 10.3. The predicted octanol–water partition coefficient (Wildman–Crippen LogP) is 3.86. The van der Waals surface area contributed by atoms with Crippen LogP contribution in [0.15, 0.2) is 18.2 Å². The molecule has 0 spiro atoms. The Kier molecular flexibility index (Phi) is 5.51. The van der Waals surface area contributed by atoms with E-state index in [0.29, 0.717) is 22.2 Å². The van der Waals surface area contributed by atoms with Crippen LogP contribution in [-0.4, -0.2) is 17.3 Å². The predicted molar refractivity (Wildman–Crippen MR) is 68.2 cm³/mol. The summed E-state index contributed by atoms with van der Waals surface area (Å²) in [4.78, 5) is 11.5. The van der Waals surface area contributed by atoms with Crippen molar-refractivity contribution in [1.82, 2.24) is 0 Å². The second-order valence-corrected chi connectivity index (χ2v) is 5.21. The smallest absolute Gasteiger partial charge is 0.147 e. The van der Waals surface area contributed by atoms with Gasteiger partial charge in [-0.25, -0.2) is 0 Å². The first-order valence-corrected chi connectivity index (χ1v) is 6.58. The molecule has 15 heavy (non-hydrogen) atoms. The first kappa shape index (κ1) is 12.9. The summed E-state index contributed by atoms with van der Waals surface area (Å²) in [5, 5.41) is 1.22. The summed E-state index contributed by atoms with van der Waals surface area (Å²) in [6, 6.07) is 5.19. The van der Waals surface area contributed by atoms with E-state index in [-0.39, 0.29) is 5.78 Å². The zero-order valence-corrected chi connectivity index (χ0v) is 10.8. The second kappa shape index (κ2) is 6.41. The lowest BCUT2D eigenvalue weighted by atomic mass is 10.1. The van der Waals surface area contributed by atoms with Gasteiger partial charge in [-0.3, -0.25) is 4.79 Å². The van der Waals surface area contributed by atoms with Gasteiger partial charge in [0.15, 0.2) is 0 Å². The molecule has 4 heteroatoms. The summed E-state index contributed by atoms with van der Waals surface area (Å²) in [5.41, 5.74) is 0.811. The van der Waals surface area contributed by atoms with Crippen molar-refractivity contribution in [2.24, 2.45) is 0 Å². The van der Waals surface area contributed by atoms with E-state index in [0.717, 1.165) is 11.3 Å². The number of carbonyl (C=O) groups is 1. The number of rotatable bonds is 5. The molecule has 1 nitrogen and oxygen atoms in total. The molecule has 1 aromatic carbocycles. The van der Waals surface area contributed by atoms with E-state index >= 15 is 0 Å². The molecule has 0 saturated heterocycles. The molecule has 0 radical (unpaired) electrons. The molecule has 0 atom stereocenters. The average molecular weight is 263 g/mol. The molecule has 1 aromatic rings. The van der Waals surface area contributed by atoms with Gasteiger partial charge in [0, 0.05) is 16.5 Å². The summed E-state index contributed by atoms with van der Waals surface area (Å²) in [7, 11) is 0. The van der Waals surface area contributed by atoms with Gasteiger partial charge >= 0.3 is 0 Å². The Balaban J connectivity index is 2.63. The molecule has 0 heterocycles. The SMILES string of the molecule is CCSCC(=O)Cc1cc(Cl)ccc1Cl. The fourth-order valence-corrected chi connectivity index (χ4v) is 2.07. The molecule has 0 N–H and O–H groups in total. The molecular formula is C11H12Cl2OS. The number of carbonyl (C=O) groups excluding carboxylic acids is 1. The Hall–Kier alpha value is -0.180. The van der Waals surface area contributed by atoms with Crippen LogP contribution < -0.4 is 0 Å². The molecule has 82 valence electrons. The van der Waals surface area contributed by atoms with Crippen molar-refractivity contribution >= 4 is 40.7 Å². The van der Waals surface area contributed by atoms with Gasteiger partial charge in [-0.2, -0.15) is 11.8 Å². The Morgan fingerprint density at radius 2 is 2.13 bits per heavy atom. The van der Waals surface area contributed by atoms with Gasteiger partial charge in [-0.15, -0.1) is 0 Å². The molecule has 0 aliphatic heterocycles. The van der Waals surface area contributed by atoms with Crippen molar-refractivity contribution in [3.05, 3.63) is 33.8 Å². The second-order valence-electron chi connectivity index (χ2n) is 3.09. The van der Waals surface area contributed by atoms with E-state index in [4.69, 9.17) is 23.2 Å². The highest BCUT2D eigenvalue weighted by molar-refractivity contribution is 7.99. The lowest BCUT2D eigenvalue weighted by molar-refractivity contribution is -0.116. The number of benzene rings is 1. The summed E-state index contributed by atoms with van der Waals surface area (Å²) < 4.78 is 0. The van der Waals surface area contributed by atoms with E-state index in [1.807, 2.05) is 6.92 Å². The average Bonchev–Trinajstić information content (AvgIpc) is 2.20. The highest BCUT2D eigenvalue weighted by atomic mass is 35.5. The Labute approximate surface area is 104 Å². The highest BCUT2D eigenvalue weighted by Gasteiger charge is 2.07. The van der Waals surface area contributed by atoms with Crippen LogP contribution in [0, 0.1) is 0 Å². The fraction of sp³-hybridized carbons (Fsp3) is 0.364. The molecule has 0 fully saturated rings. The number of halogens is 2. The Bertz CT molecular complexity index is 352.